The Kier molecular flexibility index (Phi) is 7.40. The first-order valence-corrected chi connectivity index (χ1v) is 11.9. The molecule has 1 aliphatic carbocycles. The number of ether oxygens (including phenoxy) is 2. The molecule has 33 heavy (non-hydrogen) atoms. The van der Waals surface area contributed by atoms with E-state index in [1.54, 1.807) is 24.4 Å². The molecule has 1 fully saturated rings. The van der Waals surface area contributed by atoms with Crippen molar-refractivity contribution in [2.24, 2.45) is 5.10 Å². The topological polar surface area (TPSA) is 89.5 Å². The minimum absolute atomic E-state index is 0.0635. The monoisotopic (exact) mass is 508 g/mol. The molecule has 0 aliphatic heterocycles. The van der Waals surface area contributed by atoms with Crippen molar-refractivity contribution < 1.29 is 9.47 Å². The van der Waals surface area contributed by atoms with Gasteiger partial charge in [-0.3, -0.25) is 4.79 Å². The Morgan fingerprint density at radius 2 is 2.00 bits per heavy atom. The van der Waals surface area contributed by atoms with Crippen LogP contribution >= 0.6 is 15.9 Å². The van der Waals surface area contributed by atoms with Crippen LogP contribution in [-0.2, 0) is 0 Å². The number of rotatable bonds is 7. The average molecular weight is 509 g/mol. The fourth-order valence-electron chi connectivity index (χ4n) is 4.13. The largest absolute Gasteiger partial charge is 0.490 e. The molecule has 0 unspecified atom stereocenters. The lowest BCUT2D eigenvalue weighted by Gasteiger charge is -2.22. The number of nitrogens with zero attached hydrogens (tertiary/aromatic N) is 4. The molecule has 4 rings (SSSR count). The summed E-state index contributed by atoms with van der Waals surface area (Å²) in [6.07, 6.45) is 7.11. The Bertz CT molecular complexity index is 1270. The van der Waals surface area contributed by atoms with E-state index in [0.717, 1.165) is 35.7 Å². The summed E-state index contributed by atoms with van der Waals surface area (Å²) in [5.41, 5.74) is 1.25. The van der Waals surface area contributed by atoms with Gasteiger partial charge in [-0.25, -0.2) is 4.98 Å². The second kappa shape index (κ2) is 10.6. The van der Waals surface area contributed by atoms with Crippen LogP contribution in [0, 0.1) is 11.3 Å². The maximum Gasteiger partial charge on any atom is 0.282 e. The van der Waals surface area contributed by atoms with Crippen molar-refractivity contribution in [3.63, 3.8) is 0 Å². The van der Waals surface area contributed by atoms with Crippen molar-refractivity contribution in [3.8, 4) is 17.6 Å². The summed E-state index contributed by atoms with van der Waals surface area (Å²) < 4.78 is 13.4. The second-order valence-corrected chi connectivity index (χ2v) is 8.83. The van der Waals surface area contributed by atoms with Crippen LogP contribution in [0.25, 0.3) is 10.9 Å². The van der Waals surface area contributed by atoms with Crippen molar-refractivity contribution in [1.29, 1.82) is 5.26 Å². The number of nitriles is 1. The van der Waals surface area contributed by atoms with Gasteiger partial charge in [-0.2, -0.15) is 15.0 Å². The van der Waals surface area contributed by atoms with Gasteiger partial charge in [-0.1, -0.05) is 35.2 Å². The van der Waals surface area contributed by atoms with Gasteiger partial charge in [-0.15, -0.1) is 0 Å². The van der Waals surface area contributed by atoms with Crippen LogP contribution in [0.15, 0.2) is 50.8 Å². The van der Waals surface area contributed by atoms with Gasteiger partial charge in [0.2, 0.25) is 0 Å². The first-order chi connectivity index (χ1) is 16.1. The summed E-state index contributed by atoms with van der Waals surface area (Å²) in [7, 11) is 0. The van der Waals surface area contributed by atoms with Gasteiger partial charge in [0.25, 0.3) is 5.56 Å². The first kappa shape index (κ1) is 23.0. The van der Waals surface area contributed by atoms with E-state index in [1.165, 1.54) is 11.1 Å². The van der Waals surface area contributed by atoms with Crippen molar-refractivity contribution in [2.45, 2.75) is 44.9 Å². The van der Waals surface area contributed by atoms with Crippen molar-refractivity contribution in [1.82, 2.24) is 9.66 Å². The smallest absolute Gasteiger partial charge is 0.282 e. The fraction of sp³-hybridized carbons (Fsp3) is 0.360. The SMILES string of the molecule is CCOc1cc(C=Nn2c(C3CCCCC3)nc3ccc(Br)cc3c2=O)ccc1OCC#N. The quantitative estimate of drug-likeness (QED) is 0.399. The van der Waals surface area contributed by atoms with E-state index in [2.05, 4.69) is 21.0 Å². The van der Waals surface area contributed by atoms with Gasteiger partial charge < -0.3 is 9.47 Å². The molecular formula is C25H25BrN4O3. The minimum atomic E-state index is -0.183. The Morgan fingerprint density at radius 3 is 2.76 bits per heavy atom. The van der Waals surface area contributed by atoms with E-state index in [9.17, 15) is 4.79 Å². The third-order valence-corrected chi connectivity index (χ3v) is 6.18. The highest BCUT2D eigenvalue weighted by Crippen LogP contribution is 2.32. The first-order valence-electron chi connectivity index (χ1n) is 11.1. The zero-order chi connectivity index (χ0) is 23.2. The molecule has 0 radical (unpaired) electrons. The molecule has 8 heteroatoms. The van der Waals surface area contributed by atoms with Gasteiger partial charge in [0.05, 0.1) is 23.7 Å². The summed E-state index contributed by atoms with van der Waals surface area (Å²) in [6, 6.07) is 12.9. The molecule has 7 nitrogen and oxygen atoms in total. The fourth-order valence-corrected chi connectivity index (χ4v) is 4.49. The average Bonchev–Trinajstić information content (AvgIpc) is 2.84. The standard InChI is InChI=1S/C25H25BrN4O3/c1-2-32-23-14-17(8-11-22(23)33-13-12-27)16-28-30-24(18-6-4-3-5-7-18)29-21-10-9-19(26)15-20(21)25(30)31/h8-11,14-16,18H,2-7,13H2,1H3. The highest BCUT2D eigenvalue weighted by atomic mass is 79.9. The predicted molar refractivity (Wildman–Crippen MR) is 131 cm³/mol. The lowest BCUT2D eigenvalue weighted by atomic mass is 9.88. The number of benzene rings is 2. The summed E-state index contributed by atoms with van der Waals surface area (Å²) in [6.45, 7) is 2.27. The third kappa shape index (κ3) is 5.25. The minimum Gasteiger partial charge on any atom is -0.490 e. The Hall–Kier alpha value is -3.18. The maximum absolute atomic E-state index is 13.4. The molecule has 170 valence electrons. The lowest BCUT2D eigenvalue weighted by molar-refractivity contribution is 0.298. The zero-order valence-corrected chi connectivity index (χ0v) is 20.0. The van der Waals surface area contributed by atoms with Crippen LogP contribution in [0.2, 0.25) is 0 Å². The highest BCUT2D eigenvalue weighted by molar-refractivity contribution is 9.10. The normalized spacial score (nSPS) is 14.5. The number of hydrogen-bond acceptors (Lipinski definition) is 6. The van der Waals surface area contributed by atoms with Crippen LogP contribution < -0.4 is 15.0 Å². The Balaban J connectivity index is 1.77. The third-order valence-electron chi connectivity index (χ3n) is 5.69. The summed E-state index contributed by atoms with van der Waals surface area (Å²) in [4.78, 5) is 18.3. The van der Waals surface area contributed by atoms with Gasteiger partial charge in [0.1, 0.15) is 11.9 Å². The van der Waals surface area contributed by atoms with Crippen LogP contribution in [-0.4, -0.2) is 29.1 Å². The molecule has 1 aromatic heterocycles. The van der Waals surface area contributed by atoms with E-state index >= 15 is 0 Å². The van der Waals surface area contributed by atoms with E-state index in [-0.39, 0.29) is 18.1 Å². The summed E-state index contributed by atoms with van der Waals surface area (Å²) >= 11 is 3.45. The molecular weight excluding hydrogens is 484 g/mol. The van der Waals surface area contributed by atoms with E-state index in [1.807, 2.05) is 31.2 Å². The molecule has 0 atom stereocenters. The molecule has 2 aromatic carbocycles. The van der Waals surface area contributed by atoms with Gasteiger partial charge >= 0.3 is 0 Å². The van der Waals surface area contributed by atoms with Gasteiger partial charge in [-0.05, 0) is 61.7 Å². The van der Waals surface area contributed by atoms with Crippen LogP contribution in [0.5, 0.6) is 11.5 Å². The number of fused-ring (bicyclic) bond motifs is 1. The maximum atomic E-state index is 13.4. The second-order valence-electron chi connectivity index (χ2n) is 7.91. The van der Waals surface area contributed by atoms with Crippen molar-refractivity contribution in [3.05, 3.63) is 62.6 Å². The van der Waals surface area contributed by atoms with Crippen LogP contribution in [0.1, 0.15) is 56.3 Å². The number of halogens is 1. The van der Waals surface area contributed by atoms with Crippen LogP contribution in [0.4, 0.5) is 0 Å². The Morgan fingerprint density at radius 1 is 1.18 bits per heavy atom. The molecule has 0 amide bonds. The number of hydrogen-bond donors (Lipinski definition) is 0. The molecule has 0 bridgehead atoms. The van der Waals surface area contributed by atoms with Crippen molar-refractivity contribution in [2.75, 3.05) is 13.2 Å². The van der Waals surface area contributed by atoms with Gasteiger partial charge in [0, 0.05) is 10.4 Å². The zero-order valence-electron chi connectivity index (χ0n) is 18.5. The number of aromatic nitrogens is 2. The van der Waals surface area contributed by atoms with E-state index in [0.29, 0.717) is 34.8 Å². The molecule has 1 heterocycles. The highest BCUT2D eigenvalue weighted by Gasteiger charge is 2.22. The molecule has 0 N–H and O–H groups in total. The van der Waals surface area contributed by atoms with Gasteiger partial charge in [0.15, 0.2) is 18.1 Å². The summed E-state index contributed by atoms with van der Waals surface area (Å²) in [5.74, 6) is 1.94. The van der Waals surface area contributed by atoms with E-state index < -0.39 is 0 Å². The summed E-state index contributed by atoms with van der Waals surface area (Å²) in [5, 5.41) is 13.9. The predicted octanol–water partition coefficient (Wildman–Crippen LogP) is 5.39. The molecule has 0 spiro atoms. The van der Waals surface area contributed by atoms with E-state index in [4.69, 9.17) is 19.7 Å². The van der Waals surface area contributed by atoms with Crippen LogP contribution in [0.3, 0.4) is 0 Å². The molecule has 0 saturated heterocycles. The molecule has 3 aromatic rings. The Labute approximate surface area is 200 Å². The molecule has 1 saturated carbocycles. The van der Waals surface area contributed by atoms with Crippen molar-refractivity contribution >= 4 is 33.0 Å². The lowest BCUT2D eigenvalue weighted by Crippen LogP contribution is -2.25. The molecule has 1 aliphatic rings.